The molecule has 0 saturated carbocycles. The molecule has 0 radical (unpaired) electrons. The first kappa shape index (κ1) is 15.6. The number of benzene rings is 1. The fourth-order valence-electron chi connectivity index (χ4n) is 3.15. The molecule has 128 valence electrons. The van der Waals surface area contributed by atoms with E-state index in [0.29, 0.717) is 11.4 Å². The van der Waals surface area contributed by atoms with Crippen molar-refractivity contribution in [3.05, 3.63) is 48.7 Å². The second-order valence-electron chi connectivity index (χ2n) is 5.89. The number of halogens is 1. The van der Waals surface area contributed by atoms with Crippen molar-refractivity contribution in [1.82, 2.24) is 15.0 Å². The predicted octanol–water partition coefficient (Wildman–Crippen LogP) is 2.50. The van der Waals surface area contributed by atoms with Crippen LogP contribution in [0, 0.1) is 5.82 Å². The van der Waals surface area contributed by atoms with Gasteiger partial charge in [-0.15, -0.1) is 0 Å². The molecule has 1 saturated heterocycles. The van der Waals surface area contributed by atoms with Crippen LogP contribution in [0.15, 0.2) is 42.9 Å². The van der Waals surface area contributed by atoms with Crippen LogP contribution < -0.4 is 14.5 Å². The maximum atomic E-state index is 13.4. The summed E-state index contributed by atoms with van der Waals surface area (Å²) in [6.45, 7) is 3.34. The van der Waals surface area contributed by atoms with Crippen molar-refractivity contribution in [2.75, 3.05) is 43.1 Å². The topological polar surface area (TPSA) is 54.4 Å². The summed E-state index contributed by atoms with van der Waals surface area (Å²) in [5.41, 5.74) is 1.76. The number of aromatic nitrogens is 3. The molecule has 7 heteroatoms. The Labute approximate surface area is 144 Å². The Hall–Kier alpha value is -2.96. The maximum Gasteiger partial charge on any atom is 0.233 e. The largest absolute Gasteiger partial charge is 0.480 e. The number of hydrogen-bond donors (Lipinski definition) is 0. The number of rotatable bonds is 3. The normalized spacial score (nSPS) is 14.8. The van der Waals surface area contributed by atoms with Gasteiger partial charge in [0, 0.05) is 49.5 Å². The highest BCUT2D eigenvalue weighted by Crippen LogP contribution is 2.27. The van der Waals surface area contributed by atoms with Crippen LogP contribution in [0.5, 0.6) is 5.88 Å². The molecule has 3 aromatic rings. The minimum Gasteiger partial charge on any atom is -0.480 e. The van der Waals surface area contributed by atoms with Gasteiger partial charge in [-0.05, 0) is 18.2 Å². The summed E-state index contributed by atoms with van der Waals surface area (Å²) in [4.78, 5) is 17.4. The van der Waals surface area contributed by atoms with Crippen LogP contribution in [0.3, 0.4) is 0 Å². The van der Waals surface area contributed by atoms with E-state index in [9.17, 15) is 4.39 Å². The van der Waals surface area contributed by atoms with Crippen LogP contribution in [0.25, 0.3) is 10.9 Å². The third-order valence-corrected chi connectivity index (χ3v) is 4.43. The summed E-state index contributed by atoms with van der Waals surface area (Å²) >= 11 is 0. The monoisotopic (exact) mass is 339 g/mol. The molecule has 6 nitrogen and oxygen atoms in total. The summed E-state index contributed by atoms with van der Waals surface area (Å²) in [5.74, 6) is 1.07. The van der Waals surface area contributed by atoms with Gasteiger partial charge in [0.1, 0.15) is 5.82 Å². The zero-order valence-electron chi connectivity index (χ0n) is 13.9. The molecule has 1 aliphatic heterocycles. The maximum absolute atomic E-state index is 13.4. The molecule has 0 amide bonds. The number of ether oxygens (including phenoxy) is 1. The lowest BCUT2D eigenvalue weighted by Gasteiger charge is -2.37. The van der Waals surface area contributed by atoms with Gasteiger partial charge < -0.3 is 14.5 Å². The minimum atomic E-state index is -0.265. The van der Waals surface area contributed by atoms with Gasteiger partial charge in [-0.1, -0.05) is 0 Å². The predicted molar refractivity (Wildman–Crippen MR) is 94.7 cm³/mol. The van der Waals surface area contributed by atoms with E-state index >= 15 is 0 Å². The molecular formula is C18H18FN5O. The van der Waals surface area contributed by atoms with E-state index in [1.165, 1.54) is 12.1 Å². The molecular weight excluding hydrogens is 321 g/mol. The van der Waals surface area contributed by atoms with Crippen LogP contribution in [0.2, 0.25) is 0 Å². The Kier molecular flexibility index (Phi) is 4.05. The Bertz CT molecular complexity index is 896. The zero-order chi connectivity index (χ0) is 17.2. The van der Waals surface area contributed by atoms with Gasteiger partial charge in [0.25, 0.3) is 0 Å². The van der Waals surface area contributed by atoms with Gasteiger partial charge >= 0.3 is 0 Å². The molecule has 3 heterocycles. The van der Waals surface area contributed by atoms with Gasteiger partial charge in [0.2, 0.25) is 5.88 Å². The third kappa shape index (κ3) is 3.05. The zero-order valence-corrected chi connectivity index (χ0v) is 13.9. The van der Waals surface area contributed by atoms with Crippen molar-refractivity contribution in [2.24, 2.45) is 0 Å². The Morgan fingerprint density at radius 2 is 1.84 bits per heavy atom. The average molecular weight is 339 g/mol. The number of fused-ring (bicyclic) bond motifs is 1. The number of pyridine rings is 1. The summed E-state index contributed by atoms with van der Waals surface area (Å²) in [7, 11) is 1.59. The van der Waals surface area contributed by atoms with E-state index in [4.69, 9.17) is 4.74 Å². The smallest absolute Gasteiger partial charge is 0.233 e. The number of piperazine rings is 1. The van der Waals surface area contributed by atoms with Gasteiger partial charge in [-0.3, -0.25) is 9.97 Å². The van der Waals surface area contributed by atoms with Gasteiger partial charge in [0.15, 0.2) is 5.82 Å². The van der Waals surface area contributed by atoms with Crippen LogP contribution in [-0.2, 0) is 0 Å². The van der Waals surface area contributed by atoms with Crippen molar-refractivity contribution in [3.63, 3.8) is 0 Å². The minimum absolute atomic E-state index is 0.265. The molecule has 4 rings (SSSR count). The molecule has 0 aliphatic carbocycles. The lowest BCUT2D eigenvalue weighted by molar-refractivity contribution is 0.395. The van der Waals surface area contributed by atoms with Gasteiger partial charge in [-0.25, -0.2) is 4.39 Å². The van der Waals surface area contributed by atoms with Crippen molar-refractivity contribution in [2.45, 2.75) is 0 Å². The van der Waals surface area contributed by atoms with Crippen LogP contribution in [0.4, 0.5) is 15.9 Å². The Balaban J connectivity index is 1.54. The molecule has 0 bridgehead atoms. The molecule has 2 aromatic heterocycles. The molecule has 0 spiro atoms. The molecule has 0 unspecified atom stereocenters. The van der Waals surface area contributed by atoms with Gasteiger partial charge in [0.05, 0.1) is 25.0 Å². The highest BCUT2D eigenvalue weighted by Gasteiger charge is 2.20. The molecule has 0 atom stereocenters. The van der Waals surface area contributed by atoms with E-state index in [1.807, 2.05) is 6.07 Å². The summed E-state index contributed by atoms with van der Waals surface area (Å²) in [6, 6.07) is 6.74. The highest BCUT2D eigenvalue weighted by atomic mass is 19.1. The first-order chi connectivity index (χ1) is 12.2. The number of nitrogens with zero attached hydrogens (tertiary/aromatic N) is 5. The second kappa shape index (κ2) is 6.51. The van der Waals surface area contributed by atoms with E-state index in [-0.39, 0.29) is 5.82 Å². The van der Waals surface area contributed by atoms with Crippen LogP contribution in [-0.4, -0.2) is 48.2 Å². The number of methoxy groups -OCH3 is 1. The first-order valence-corrected chi connectivity index (χ1v) is 8.15. The van der Waals surface area contributed by atoms with Crippen molar-refractivity contribution >= 4 is 22.4 Å². The molecule has 1 aromatic carbocycles. The first-order valence-electron chi connectivity index (χ1n) is 8.15. The molecule has 1 fully saturated rings. The average Bonchev–Trinajstić information content (AvgIpc) is 2.67. The quantitative estimate of drug-likeness (QED) is 0.731. The van der Waals surface area contributed by atoms with E-state index in [1.54, 1.807) is 31.8 Å². The number of hydrogen-bond acceptors (Lipinski definition) is 6. The van der Waals surface area contributed by atoms with E-state index in [0.717, 1.165) is 43.1 Å². The van der Waals surface area contributed by atoms with E-state index < -0.39 is 0 Å². The van der Waals surface area contributed by atoms with E-state index in [2.05, 4.69) is 24.8 Å². The second-order valence-corrected chi connectivity index (χ2v) is 5.89. The van der Waals surface area contributed by atoms with Crippen molar-refractivity contribution in [3.8, 4) is 5.88 Å². The lowest BCUT2D eigenvalue weighted by Crippen LogP contribution is -2.47. The SMILES string of the molecule is COc1cncc(N2CCN(c3ccnc4cc(F)ccc34)CC2)n1. The fraction of sp³-hybridized carbons (Fsp3) is 0.278. The van der Waals surface area contributed by atoms with Crippen molar-refractivity contribution in [1.29, 1.82) is 0 Å². The standard InChI is InChI=1S/C18H18FN5O/c1-25-18-12-20-11-17(22-18)24-8-6-23(7-9-24)16-4-5-21-15-10-13(19)2-3-14(15)16/h2-5,10-12H,6-9H2,1H3. The van der Waals surface area contributed by atoms with Crippen molar-refractivity contribution < 1.29 is 9.13 Å². The van der Waals surface area contributed by atoms with Crippen LogP contribution >= 0.6 is 0 Å². The molecule has 0 N–H and O–H groups in total. The third-order valence-electron chi connectivity index (χ3n) is 4.43. The van der Waals surface area contributed by atoms with Crippen LogP contribution in [0.1, 0.15) is 0 Å². The highest BCUT2D eigenvalue weighted by molar-refractivity contribution is 5.91. The summed E-state index contributed by atoms with van der Waals surface area (Å²) < 4.78 is 18.6. The fourth-order valence-corrected chi connectivity index (χ4v) is 3.15. The Morgan fingerprint density at radius 3 is 2.64 bits per heavy atom. The Morgan fingerprint density at radius 1 is 1.04 bits per heavy atom. The summed E-state index contributed by atoms with van der Waals surface area (Å²) in [6.07, 6.45) is 5.09. The number of anilines is 2. The molecule has 25 heavy (non-hydrogen) atoms. The molecule has 1 aliphatic rings. The lowest BCUT2D eigenvalue weighted by atomic mass is 10.1. The van der Waals surface area contributed by atoms with Gasteiger partial charge in [-0.2, -0.15) is 4.98 Å². The summed E-state index contributed by atoms with van der Waals surface area (Å²) in [5, 5.41) is 0.971.